The molecule has 0 spiro atoms. The Hall–Kier alpha value is -2.80. The summed E-state index contributed by atoms with van der Waals surface area (Å²) >= 11 is 0. The molecule has 0 saturated heterocycles. The summed E-state index contributed by atoms with van der Waals surface area (Å²) in [6, 6.07) is 7.56. The van der Waals surface area contributed by atoms with E-state index < -0.39 is 0 Å². The quantitative estimate of drug-likeness (QED) is 0.738. The maximum atomic E-state index is 13.0. The molecule has 0 saturated carbocycles. The molecule has 0 radical (unpaired) electrons. The number of carbonyl (C=O) groups is 1. The van der Waals surface area contributed by atoms with E-state index in [2.05, 4.69) is 4.98 Å². The average Bonchev–Trinajstić information content (AvgIpc) is 3.17. The summed E-state index contributed by atoms with van der Waals surface area (Å²) < 4.78 is 8.98. The summed E-state index contributed by atoms with van der Waals surface area (Å²) in [6.45, 7) is 0.484. The summed E-state index contributed by atoms with van der Waals surface area (Å²) in [6.07, 6.45) is 3.53. The molecule has 0 aliphatic carbocycles. The number of nitrogens with zero attached hydrogens (tertiary/aromatic N) is 4. The van der Waals surface area contributed by atoms with Gasteiger partial charge in [-0.3, -0.25) is 4.79 Å². The largest absolute Gasteiger partial charge is 0.497 e. The van der Waals surface area contributed by atoms with Crippen LogP contribution in [0.1, 0.15) is 16.3 Å². The predicted octanol–water partition coefficient (Wildman–Crippen LogP) is 1.56. The van der Waals surface area contributed by atoms with Crippen LogP contribution < -0.4 is 4.74 Å². The number of hydrogen-bond donors (Lipinski definition) is 1. The highest BCUT2D eigenvalue weighted by Crippen LogP contribution is 2.24. The molecule has 3 aromatic rings. The first-order chi connectivity index (χ1) is 12.0. The molecule has 0 aliphatic heterocycles. The van der Waals surface area contributed by atoms with Gasteiger partial charge >= 0.3 is 0 Å². The van der Waals surface area contributed by atoms with E-state index >= 15 is 0 Å². The fraction of sp³-hybridized carbons (Fsp3) is 0.333. The third-order valence-electron chi connectivity index (χ3n) is 4.38. The second kappa shape index (κ2) is 6.98. The van der Waals surface area contributed by atoms with Crippen LogP contribution in [0.5, 0.6) is 5.75 Å². The normalized spacial score (nSPS) is 11.0. The summed E-state index contributed by atoms with van der Waals surface area (Å²) in [5, 5.41) is 10.3. The Morgan fingerprint density at radius 2 is 2.12 bits per heavy atom. The van der Waals surface area contributed by atoms with E-state index in [0.29, 0.717) is 12.2 Å². The fourth-order valence-corrected chi connectivity index (χ4v) is 2.91. The molecule has 132 valence electrons. The van der Waals surface area contributed by atoms with Crippen LogP contribution >= 0.6 is 0 Å². The second-order valence-corrected chi connectivity index (χ2v) is 5.92. The highest BCUT2D eigenvalue weighted by atomic mass is 16.5. The van der Waals surface area contributed by atoms with Crippen molar-refractivity contribution in [1.82, 2.24) is 19.0 Å². The van der Waals surface area contributed by atoms with E-state index in [1.165, 1.54) is 0 Å². The number of methoxy groups -OCH3 is 1. The molecule has 7 heteroatoms. The zero-order chi connectivity index (χ0) is 18.0. The lowest BCUT2D eigenvalue weighted by Crippen LogP contribution is -2.35. The van der Waals surface area contributed by atoms with Crippen molar-refractivity contribution < 1.29 is 14.6 Å². The van der Waals surface area contributed by atoms with Crippen LogP contribution in [0.25, 0.3) is 10.9 Å². The maximum Gasteiger partial charge on any atom is 0.270 e. The number of ether oxygens (including phenoxy) is 1. The van der Waals surface area contributed by atoms with E-state index in [0.717, 1.165) is 22.5 Å². The molecule has 1 N–H and O–H groups in total. The van der Waals surface area contributed by atoms with Gasteiger partial charge in [-0.1, -0.05) is 0 Å². The van der Waals surface area contributed by atoms with Gasteiger partial charge in [0, 0.05) is 43.9 Å². The van der Waals surface area contributed by atoms with Gasteiger partial charge in [0.2, 0.25) is 0 Å². The van der Waals surface area contributed by atoms with Crippen LogP contribution in [-0.4, -0.2) is 50.3 Å². The standard InChI is InChI=1S/C18H22N4O3/c1-20-7-6-19-17(20)12-22(8-9-23)18(24)16-11-13-10-14(25-3)4-5-15(13)21(16)2/h4-7,10-11,23H,8-9,12H2,1-3H3. The van der Waals surface area contributed by atoms with Gasteiger partial charge in [-0.25, -0.2) is 4.98 Å². The Morgan fingerprint density at radius 1 is 1.32 bits per heavy atom. The van der Waals surface area contributed by atoms with Crippen LogP contribution in [-0.2, 0) is 20.6 Å². The minimum absolute atomic E-state index is 0.103. The number of hydrogen-bond acceptors (Lipinski definition) is 4. The molecule has 0 fully saturated rings. The van der Waals surface area contributed by atoms with E-state index in [-0.39, 0.29) is 19.1 Å². The van der Waals surface area contributed by atoms with E-state index in [4.69, 9.17) is 4.74 Å². The maximum absolute atomic E-state index is 13.0. The lowest BCUT2D eigenvalue weighted by atomic mass is 10.2. The molecule has 25 heavy (non-hydrogen) atoms. The predicted molar refractivity (Wildman–Crippen MR) is 94.5 cm³/mol. The first-order valence-electron chi connectivity index (χ1n) is 8.05. The minimum atomic E-state index is -0.144. The van der Waals surface area contributed by atoms with Crippen molar-refractivity contribution in [2.75, 3.05) is 20.3 Å². The summed E-state index contributed by atoms with van der Waals surface area (Å²) in [5.74, 6) is 1.37. The van der Waals surface area contributed by atoms with E-state index in [1.54, 1.807) is 18.2 Å². The lowest BCUT2D eigenvalue weighted by Gasteiger charge is -2.21. The van der Waals surface area contributed by atoms with Crippen LogP contribution in [0.3, 0.4) is 0 Å². The third kappa shape index (κ3) is 3.23. The van der Waals surface area contributed by atoms with Crippen molar-refractivity contribution in [2.45, 2.75) is 6.54 Å². The molecule has 2 heterocycles. The number of aliphatic hydroxyl groups is 1. The molecule has 0 bridgehead atoms. The van der Waals surface area contributed by atoms with Gasteiger partial charge in [0.25, 0.3) is 5.91 Å². The van der Waals surface area contributed by atoms with Crippen molar-refractivity contribution in [3.05, 3.63) is 48.2 Å². The van der Waals surface area contributed by atoms with Gasteiger partial charge in [-0.15, -0.1) is 0 Å². The third-order valence-corrected chi connectivity index (χ3v) is 4.38. The number of amides is 1. The highest BCUT2D eigenvalue weighted by molar-refractivity contribution is 5.99. The summed E-state index contributed by atoms with van der Waals surface area (Å²) in [5.41, 5.74) is 1.51. The Kier molecular flexibility index (Phi) is 4.76. The molecule has 7 nitrogen and oxygen atoms in total. The van der Waals surface area contributed by atoms with Gasteiger partial charge in [0.05, 0.1) is 20.3 Å². The molecule has 0 atom stereocenters. The van der Waals surface area contributed by atoms with Crippen LogP contribution in [0.4, 0.5) is 0 Å². The number of aromatic nitrogens is 3. The molecule has 3 rings (SSSR count). The highest BCUT2D eigenvalue weighted by Gasteiger charge is 2.21. The molecule has 1 aromatic carbocycles. The van der Waals surface area contributed by atoms with Crippen LogP contribution in [0.15, 0.2) is 36.7 Å². The Bertz CT molecular complexity index is 897. The van der Waals surface area contributed by atoms with Crippen molar-refractivity contribution in [3.63, 3.8) is 0 Å². The van der Waals surface area contributed by atoms with Crippen LogP contribution in [0.2, 0.25) is 0 Å². The minimum Gasteiger partial charge on any atom is -0.497 e. The molecule has 0 unspecified atom stereocenters. The van der Waals surface area contributed by atoms with Gasteiger partial charge in [0.15, 0.2) is 0 Å². The number of aryl methyl sites for hydroxylation is 2. The Morgan fingerprint density at radius 3 is 2.76 bits per heavy atom. The van der Waals surface area contributed by atoms with Crippen molar-refractivity contribution in [1.29, 1.82) is 0 Å². The second-order valence-electron chi connectivity index (χ2n) is 5.92. The monoisotopic (exact) mass is 342 g/mol. The SMILES string of the molecule is COc1ccc2c(c1)cc(C(=O)N(CCO)Cc1nccn1C)n2C. The van der Waals surface area contributed by atoms with Crippen molar-refractivity contribution >= 4 is 16.8 Å². The van der Waals surface area contributed by atoms with Gasteiger partial charge in [-0.2, -0.15) is 0 Å². The van der Waals surface area contributed by atoms with E-state index in [1.807, 2.05) is 53.7 Å². The van der Waals surface area contributed by atoms with E-state index in [9.17, 15) is 9.90 Å². The zero-order valence-corrected chi connectivity index (χ0v) is 14.6. The first-order valence-corrected chi connectivity index (χ1v) is 8.05. The van der Waals surface area contributed by atoms with Gasteiger partial charge in [-0.05, 0) is 24.3 Å². The molecule has 2 aromatic heterocycles. The average molecular weight is 342 g/mol. The number of fused-ring (bicyclic) bond motifs is 1. The zero-order valence-electron chi connectivity index (χ0n) is 14.6. The number of imidazole rings is 1. The van der Waals surface area contributed by atoms with Crippen LogP contribution in [0, 0.1) is 0 Å². The summed E-state index contributed by atoms with van der Waals surface area (Å²) in [7, 11) is 5.36. The van der Waals surface area contributed by atoms with Crippen molar-refractivity contribution in [2.24, 2.45) is 14.1 Å². The Labute approximate surface area is 146 Å². The Balaban J connectivity index is 1.95. The lowest BCUT2D eigenvalue weighted by molar-refractivity contribution is 0.0692. The summed E-state index contributed by atoms with van der Waals surface area (Å²) in [4.78, 5) is 18.9. The first kappa shape index (κ1) is 17.0. The molecule has 1 amide bonds. The van der Waals surface area contributed by atoms with Gasteiger partial charge in [0.1, 0.15) is 17.3 Å². The topological polar surface area (TPSA) is 72.5 Å². The molecular formula is C18H22N4O3. The number of aliphatic hydroxyl groups excluding tert-OH is 1. The number of carbonyl (C=O) groups excluding carboxylic acids is 1. The smallest absolute Gasteiger partial charge is 0.270 e. The number of rotatable bonds is 6. The van der Waals surface area contributed by atoms with Gasteiger partial charge < -0.3 is 23.9 Å². The molecular weight excluding hydrogens is 320 g/mol. The number of benzene rings is 1. The van der Waals surface area contributed by atoms with Crippen molar-refractivity contribution in [3.8, 4) is 5.75 Å². The fourth-order valence-electron chi connectivity index (χ4n) is 2.91. The molecule has 0 aliphatic rings.